The van der Waals surface area contributed by atoms with Crippen molar-refractivity contribution < 1.29 is 0 Å². The van der Waals surface area contributed by atoms with E-state index in [9.17, 15) is 0 Å². The lowest BCUT2D eigenvalue weighted by Gasteiger charge is -2.34. The minimum Gasteiger partial charge on any atom is -0.325 e. The Hall–Kier alpha value is -0.120. The monoisotopic (exact) mass is 129 g/mol. The van der Waals surface area contributed by atoms with Crippen molar-refractivity contribution in [3.8, 4) is 0 Å². The predicted molar refractivity (Wildman–Crippen MR) is 38.1 cm³/mol. The van der Waals surface area contributed by atoms with E-state index in [1.54, 1.807) is 0 Å². The molecule has 0 aromatic carbocycles. The molecule has 1 aliphatic heterocycles. The van der Waals surface area contributed by atoms with Crippen LogP contribution in [0.25, 0.3) is 0 Å². The molecule has 1 heterocycles. The molecule has 0 aliphatic carbocycles. The molecule has 0 atom stereocenters. The third-order valence-electron chi connectivity index (χ3n) is 1.58. The maximum absolute atomic E-state index is 5.73. The van der Waals surface area contributed by atoms with Crippen molar-refractivity contribution in [2.24, 2.45) is 5.73 Å². The zero-order valence-electron chi connectivity index (χ0n) is 6.17. The van der Waals surface area contributed by atoms with Crippen LogP contribution in [0.1, 0.15) is 0 Å². The second-order valence-electron chi connectivity index (χ2n) is 2.98. The quantitative estimate of drug-likeness (QED) is 0.462. The number of hydrogen-bond donors (Lipinski definition) is 1. The van der Waals surface area contributed by atoms with Gasteiger partial charge in [0.25, 0.3) is 0 Å². The topological polar surface area (TPSA) is 32.5 Å². The van der Waals surface area contributed by atoms with Crippen LogP contribution in [0.4, 0.5) is 0 Å². The minimum absolute atomic E-state index is 0.341. The Morgan fingerprint density at radius 3 is 2.00 bits per heavy atom. The summed E-state index contributed by atoms with van der Waals surface area (Å²) in [5.41, 5.74) is 5.73. The van der Waals surface area contributed by atoms with Crippen LogP contribution in [0.3, 0.4) is 0 Å². The van der Waals surface area contributed by atoms with Gasteiger partial charge in [-0.3, -0.25) is 9.80 Å². The van der Waals surface area contributed by atoms with Crippen LogP contribution in [-0.4, -0.2) is 49.7 Å². The Kier molecular flexibility index (Phi) is 2.05. The van der Waals surface area contributed by atoms with Gasteiger partial charge in [0.1, 0.15) is 0 Å². The third kappa shape index (κ3) is 1.93. The summed E-state index contributed by atoms with van der Waals surface area (Å²) in [5.74, 6) is 0. The molecule has 3 nitrogen and oxygen atoms in total. The minimum atomic E-state index is 0.341. The van der Waals surface area contributed by atoms with E-state index in [4.69, 9.17) is 5.73 Å². The van der Waals surface area contributed by atoms with Gasteiger partial charge >= 0.3 is 0 Å². The normalized spacial score (nSPS) is 27.0. The van der Waals surface area contributed by atoms with Gasteiger partial charge in [-0.2, -0.15) is 0 Å². The summed E-state index contributed by atoms with van der Waals surface area (Å²) in [4.78, 5) is 4.46. The molecule has 1 aliphatic rings. The smallest absolute Gasteiger partial charge is 0.0501 e. The first kappa shape index (κ1) is 6.99. The molecule has 0 unspecified atom stereocenters. The summed E-state index contributed by atoms with van der Waals surface area (Å²) >= 11 is 0. The molecule has 0 saturated carbocycles. The lowest BCUT2D eigenvalue weighted by molar-refractivity contribution is 0.117. The van der Waals surface area contributed by atoms with Gasteiger partial charge in [-0.1, -0.05) is 0 Å². The van der Waals surface area contributed by atoms with E-state index in [1.807, 2.05) is 0 Å². The van der Waals surface area contributed by atoms with Crippen molar-refractivity contribution in [3.63, 3.8) is 0 Å². The maximum Gasteiger partial charge on any atom is 0.0501 e. The lowest BCUT2D eigenvalue weighted by atomic mass is 10.2. The summed E-state index contributed by atoms with van der Waals surface area (Å²) in [5, 5.41) is 0. The van der Waals surface area contributed by atoms with Crippen LogP contribution in [0.5, 0.6) is 0 Å². The molecule has 0 aromatic rings. The van der Waals surface area contributed by atoms with Gasteiger partial charge < -0.3 is 5.73 Å². The summed E-state index contributed by atoms with van der Waals surface area (Å²) in [6, 6.07) is 0.341. The fraction of sp³-hybridized carbons (Fsp3) is 1.00. The number of nitrogens with two attached hydrogens (primary N) is 1. The fourth-order valence-corrected chi connectivity index (χ4v) is 1.39. The highest BCUT2D eigenvalue weighted by atomic mass is 15.3. The highest BCUT2D eigenvalue weighted by Crippen LogP contribution is 1.98. The van der Waals surface area contributed by atoms with Gasteiger partial charge in [0.15, 0.2) is 0 Å². The Balaban J connectivity index is 2.34. The highest BCUT2D eigenvalue weighted by molar-refractivity contribution is 4.74. The standard InChI is InChI=1S/C6H15N3/c1-8-3-6(7)4-9(2)5-8/h6H,3-5,7H2,1-2H3. The van der Waals surface area contributed by atoms with Crippen LogP contribution < -0.4 is 5.73 Å². The SMILES string of the molecule is CN1CC(N)CN(C)C1. The van der Waals surface area contributed by atoms with Crippen LogP contribution >= 0.6 is 0 Å². The summed E-state index contributed by atoms with van der Waals surface area (Å²) < 4.78 is 0. The van der Waals surface area contributed by atoms with Crippen molar-refractivity contribution in [1.82, 2.24) is 9.80 Å². The molecular weight excluding hydrogens is 114 g/mol. The average Bonchev–Trinajstić information content (AvgIpc) is 1.59. The molecule has 1 fully saturated rings. The summed E-state index contributed by atoms with van der Waals surface area (Å²) in [6.45, 7) is 3.11. The third-order valence-corrected chi connectivity index (χ3v) is 1.58. The van der Waals surface area contributed by atoms with Crippen molar-refractivity contribution >= 4 is 0 Å². The van der Waals surface area contributed by atoms with E-state index in [0.29, 0.717) is 6.04 Å². The molecule has 0 aromatic heterocycles. The Bertz CT molecular complexity index is 69.3. The zero-order valence-corrected chi connectivity index (χ0v) is 6.17. The van der Waals surface area contributed by atoms with E-state index >= 15 is 0 Å². The number of likely N-dealkylation sites (N-methyl/N-ethyl adjacent to an activating group) is 2. The van der Waals surface area contributed by atoms with Gasteiger partial charge in [0, 0.05) is 19.1 Å². The second-order valence-corrected chi connectivity index (χ2v) is 2.98. The maximum atomic E-state index is 5.73. The summed E-state index contributed by atoms with van der Waals surface area (Å²) in [7, 11) is 4.19. The van der Waals surface area contributed by atoms with Crippen molar-refractivity contribution in [3.05, 3.63) is 0 Å². The molecule has 0 spiro atoms. The largest absolute Gasteiger partial charge is 0.325 e. The van der Waals surface area contributed by atoms with E-state index in [0.717, 1.165) is 19.8 Å². The molecular formula is C6H15N3. The van der Waals surface area contributed by atoms with Crippen LogP contribution in [0.15, 0.2) is 0 Å². The molecule has 1 rings (SSSR count). The number of nitrogens with zero attached hydrogens (tertiary/aromatic N) is 2. The number of hydrogen-bond acceptors (Lipinski definition) is 3. The van der Waals surface area contributed by atoms with Crippen molar-refractivity contribution in [2.45, 2.75) is 6.04 Å². The Labute approximate surface area is 56.4 Å². The molecule has 3 heteroatoms. The fourth-order valence-electron chi connectivity index (χ4n) is 1.39. The van der Waals surface area contributed by atoms with Crippen LogP contribution in [0.2, 0.25) is 0 Å². The Morgan fingerprint density at radius 2 is 1.67 bits per heavy atom. The second kappa shape index (κ2) is 2.64. The lowest BCUT2D eigenvalue weighted by Crippen LogP contribution is -2.52. The zero-order chi connectivity index (χ0) is 6.85. The van der Waals surface area contributed by atoms with Gasteiger partial charge in [-0.25, -0.2) is 0 Å². The van der Waals surface area contributed by atoms with Crippen molar-refractivity contribution in [2.75, 3.05) is 33.9 Å². The highest BCUT2D eigenvalue weighted by Gasteiger charge is 2.16. The first-order valence-corrected chi connectivity index (χ1v) is 3.31. The molecule has 2 N–H and O–H groups in total. The molecule has 9 heavy (non-hydrogen) atoms. The predicted octanol–water partition coefficient (Wildman–Crippen LogP) is -0.852. The Morgan fingerprint density at radius 1 is 1.22 bits per heavy atom. The average molecular weight is 129 g/mol. The molecule has 54 valence electrons. The molecule has 0 radical (unpaired) electrons. The first-order valence-electron chi connectivity index (χ1n) is 3.31. The van der Waals surface area contributed by atoms with E-state index < -0.39 is 0 Å². The molecule has 0 amide bonds. The van der Waals surface area contributed by atoms with E-state index in [2.05, 4.69) is 23.9 Å². The van der Waals surface area contributed by atoms with Crippen LogP contribution in [-0.2, 0) is 0 Å². The first-order chi connectivity index (χ1) is 4.18. The van der Waals surface area contributed by atoms with Gasteiger partial charge in [0.05, 0.1) is 6.67 Å². The molecule has 1 saturated heterocycles. The van der Waals surface area contributed by atoms with E-state index in [1.165, 1.54) is 0 Å². The molecule has 0 bridgehead atoms. The van der Waals surface area contributed by atoms with Gasteiger partial charge in [0.2, 0.25) is 0 Å². The van der Waals surface area contributed by atoms with Gasteiger partial charge in [-0.15, -0.1) is 0 Å². The van der Waals surface area contributed by atoms with Gasteiger partial charge in [-0.05, 0) is 14.1 Å². The summed E-state index contributed by atoms with van der Waals surface area (Å²) in [6.07, 6.45) is 0. The van der Waals surface area contributed by atoms with Crippen LogP contribution in [0, 0.1) is 0 Å². The number of rotatable bonds is 0. The van der Waals surface area contributed by atoms with E-state index in [-0.39, 0.29) is 0 Å². The van der Waals surface area contributed by atoms with Crippen molar-refractivity contribution in [1.29, 1.82) is 0 Å².